The van der Waals surface area contributed by atoms with Crippen LogP contribution >= 0.6 is 0 Å². The van der Waals surface area contributed by atoms with Gasteiger partial charge in [-0.15, -0.1) is 0 Å². The molecule has 8 nitrogen and oxygen atoms in total. The number of likely N-dealkylation sites (N-methyl/N-ethyl adjacent to an activating group) is 1. The zero-order chi connectivity index (χ0) is 22.2. The van der Waals surface area contributed by atoms with E-state index in [2.05, 4.69) is 17.2 Å². The van der Waals surface area contributed by atoms with Crippen molar-refractivity contribution in [1.82, 2.24) is 15.5 Å². The van der Waals surface area contributed by atoms with E-state index in [1.807, 2.05) is 36.2 Å². The van der Waals surface area contributed by atoms with Gasteiger partial charge in [-0.3, -0.25) is 4.90 Å². The highest BCUT2D eigenvalue weighted by Gasteiger charge is 2.35. The number of rotatable bonds is 10. The summed E-state index contributed by atoms with van der Waals surface area (Å²) < 4.78 is 16.2. The van der Waals surface area contributed by atoms with E-state index in [1.165, 1.54) is 6.26 Å². The molecule has 0 unspecified atom stereocenters. The number of furan rings is 1. The predicted molar refractivity (Wildman–Crippen MR) is 115 cm³/mol. The van der Waals surface area contributed by atoms with Crippen molar-refractivity contribution in [2.24, 2.45) is 0 Å². The fourth-order valence-electron chi connectivity index (χ4n) is 3.35. The molecule has 1 aromatic heterocycles. The molecule has 1 atom stereocenters. The van der Waals surface area contributed by atoms with Crippen LogP contribution in [0, 0.1) is 0 Å². The number of hydrogen-bond donors (Lipinski definition) is 2. The number of ether oxygens (including phenoxy) is 2. The fraction of sp³-hybridized carbons (Fsp3) is 0.304. The number of nitrogens with zero attached hydrogens (tertiary/aromatic N) is 1. The first-order valence-corrected chi connectivity index (χ1v) is 10.0. The van der Waals surface area contributed by atoms with E-state index in [9.17, 15) is 9.59 Å². The van der Waals surface area contributed by atoms with Gasteiger partial charge in [-0.1, -0.05) is 24.8 Å². The van der Waals surface area contributed by atoms with Crippen LogP contribution in [0.3, 0.4) is 0 Å². The van der Waals surface area contributed by atoms with Gasteiger partial charge in [0.2, 0.25) is 0 Å². The molecule has 2 aromatic rings. The number of carbonyl (C=O) groups excluding carboxylic acids is 2. The summed E-state index contributed by atoms with van der Waals surface area (Å²) in [6.45, 7) is 7.00. The third-order valence-electron chi connectivity index (χ3n) is 4.65. The van der Waals surface area contributed by atoms with Crippen LogP contribution < -0.4 is 15.4 Å². The second-order valence-electron chi connectivity index (χ2n) is 7.08. The SMILES string of the molecule is C=CCOc1ccc(CN(C)CC2=C(C(=O)OCC)[C@@H](c3ccco3)NC(=O)N2)cc1. The maximum Gasteiger partial charge on any atom is 0.338 e. The molecule has 31 heavy (non-hydrogen) atoms. The lowest BCUT2D eigenvalue weighted by Crippen LogP contribution is -2.48. The Bertz CT molecular complexity index is 935. The van der Waals surface area contributed by atoms with E-state index in [0.717, 1.165) is 11.3 Å². The molecular formula is C23H27N3O5. The number of hydrogen-bond acceptors (Lipinski definition) is 6. The van der Waals surface area contributed by atoms with Gasteiger partial charge >= 0.3 is 12.0 Å². The Morgan fingerprint density at radius 1 is 1.26 bits per heavy atom. The molecule has 0 saturated heterocycles. The van der Waals surface area contributed by atoms with Crippen molar-refractivity contribution in [2.45, 2.75) is 19.5 Å². The number of carbonyl (C=O) groups is 2. The third-order valence-corrected chi connectivity index (χ3v) is 4.65. The van der Waals surface area contributed by atoms with Crippen LogP contribution in [0.2, 0.25) is 0 Å². The van der Waals surface area contributed by atoms with Gasteiger partial charge in [0.25, 0.3) is 0 Å². The first-order chi connectivity index (χ1) is 15.0. The topological polar surface area (TPSA) is 93.0 Å². The monoisotopic (exact) mass is 425 g/mol. The summed E-state index contributed by atoms with van der Waals surface area (Å²) in [6.07, 6.45) is 3.19. The van der Waals surface area contributed by atoms with Gasteiger partial charge in [0, 0.05) is 18.8 Å². The number of esters is 1. The van der Waals surface area contributed by atoms with Crippen LogP contribution in [0.5, 0.6) is 5.75 Å². The standard InChI is InChI=1S/C23H27N3O5/c1-4-12-30-17-10-8-16(9-11-17)14-26(3)15-18-20(22(27)29-5-2)21(25-23(28)24-18)19-7-6-13-31-19/h4,6-11,13,21H,1,5,12,14-15H2,2-3H3,(H2,24,25,28)/t21-/m1/s1. The molecule has 1 aromatic carbocycles. The van der Waals surface area contributed by atoms with Crippen LogP contribution in [0.4, 0.5) is 4.79 Å². The van der Waals surface area contributed by atoms with Crippen LogP contribution in [-0.2, 0) is 16.1 Å². The first-order valence-electron chi connectivity index (χ1n) is 10.0. The number of nitrogens with one attached hydrogen (secondary N) is 2. The maximum atomic E-state index is 12.7. The smallest absolute Gasteiger partial charge is 0.338 e. The molecule has 1 aliphatic heterocycles. The maximum absolute atomic E-state index is 12.7. The molecule has 0 bridgehead atoms. The average molecular weight is 425 g/mol. The Hall–Kier alpha value is -3.52. The molecule has 1 aliphatic rings. The van der Waals surface area contributed by atoms with E-state index >= 15 is 0 Å². The lowest BCUT2D eigenvalue weighted by atomic mass is 10.00. The van der Waals surface area contributed by atoms with Gasteiger partial charge in [-0.05, 0) is 43.8 Å². The molecule has 2 heterocycles. The summed E-state index contributed by atoms with van der Waals surface area (Å²) in [5, 5.41) is 5.50. The fourth-order valence-corrected chi connectivity index (χ4v) is 3.35. The molecule has 8 heteroatoms. The van der Waals surface area contributed by atoms with Crippen LogP contribution in [0.25, 0.3) is 0 Å². The van der Waals surface area contributed by atoms with E-state index in [0.29, 0.717) is 36.7 Å². The molecule has 0 spiro atoms. The highest BCUT2D eigenvalue weighted by Crippen LogP contribution is 2.28. The second kappa shape index (κ2) is 10.5. The van der Waals surface area contributed by atoms with Gasteiger partial charge in [0.05, 0.1) is 18.4 Å². The highest BCUT2D eigenvalue weighted by atomic mass is 16.5. The number of urea groups is 1. The van der Waals surface area contributed by atoms with Gasteiger partial charge in [0.1, 0.15) is 24.2 Å². The highest BCUT2D eigenvalue weighted by molar-refractivity contribution is 5.95. The van der Waals surface area contributed by atoms with Crippen LogP contribution in [-0.4, -0.2) is 43.7 Å². The Morgan fingerprint density at radius 2 is 2.03 bits per heavy atom. The normalized spacial score (nSPS) is 16.0. The van der Waals surface area contributed by atoms with Crippen molar-refractivity contribution < 1.29 is 23.5 Å². The summed E-state index contributed by atoms with van der Waals surface area (Å²) in [5.74, 6) is 0.738. The summed E-state index contributed by atoms with van der Waals surface area (Å²) in [6, 6.07) is 10.1. The molecule has 2 N–H and O–H groups in total. The van der Waals surface area contributed by atoms with E-state index in [1.54, 1.807) is 25.1 Å². The van der Waals surface area contributed by atoms with Crippen molar-refractivity contribution in [3.63, 3.8) is 0 Å². The number of amides is 2. The minimum absolute atomic E-state index is 0.227. The number of benzene rings is 1. The summed E-state index contributed by atoms with van der Waals surface area (Å²) in [7, 11) is 1.91. The molecule has 0 aliphatic carbocycles. The van der Waals surface area contributed by atoms with E-state index < -0.39 is 18.0 Å². The Balaban J connectivity index is 1.79. The summed E-state index contributed by atoms with van der Waals surface area (Å²) in [4.78, 5) is 27.0. The molecule has 0 fully saturated rings. The third kappa shape index (κ3) is 5.76. The molecule has 164 valence electrons. The molecule has 3 rings (SSSR count). The molecular weight excluding hydrogens is 398 g/mol. The Labute approximate surface area is 181 Å². The lowest BCUT2D eigenvalue weighted by molar-refractivity contribution is -0.139. The lowest BCUT2D eigenvalue weighted by Gasteiger charge is -2.30. The average Bonchev–Trinajstić information content (AvgIpc) is 3.27. The van der Waals surface area contributed by atoms with Crippen LogP contribution in [0.1, 0.15) is 24.3 Å². The first kappa shape index (κ1) is 22.2. The summed E-state index contributed by atoms with van der Waals surface area (Å²) in [5.41, 5.74) is 1.88. The zero-order valence-corrected chi connectivity index (χ0v) is 17.7. The summed E-state index contributed by atoms with van der Waals surface area (Å²) >= 11 is 0. The van der Waals surface area contributed by atoms with Gasteiger partial charge in [-0.2, -0.15) is 0 Å². The van der Waals surface area contributed by atoms with Crippen molar-refractivity contribution >= 4 is 12.0 Å². The second-order valence-corrected chi connectivity index (χ2v) is 7.08. The minimum atomic E-state index is -0.715. The van der Waals surface area contributed by atoms with Crippen molar-refractivity contribution in [3.8, 4) is 5.75 Å². The van der Waals surface area contributed by atoms with Crippen molar-refractivity contribution in [1.29, 1.82) is 0 Å². The van der Waals surface area contributed by atoms with Crippen molar-refractivity contribution in [2.75, 3.05) is 26.8 Å². The molecule has 0 saturated carbocycles. The quantitative estimate of drug-likeness (QED) is 0.449. The van der Waals surface area contributed by atoms with E-state index in [4.69, 9.17) is 13.9 Å². The zero-order valence-electron chi connectivity index (χ0n) is 17.7. The van der Waals surface area contributed by atoms with Gasteiger partial charge < -0.3 is 24.5 Å². The minimum Gasteiger partial charge on any atom is -0.490 e. The molecule has 2 amide bonds. The largest absolute Gasteiger partial charge is 0.490 e. The van der Waals surface area contributed by atoms with Gasteiger partial charge in [0.15, 0.2) is 0 Å². The predicted octanol–water partition coefficient (Wildman–Crippen LogP) is 3.15. The van der Waals surface area contributed by atoms with Crippen molar-refractivity contribution in [3.05, 3.63) is 77.9 Å². The Morgan fingerprint density at radius 3 is 2.68 bits per heavy atom. The Kier molecular flexibility index (Phi) is 7.50. The van der Waals surface area contributed by atoms with Crippen LogP contribution in [0.15, 0.2) is 71.0 Å². The van der Waals surface area contributed by atoms with Gasteiger partial charge in [-0.25, -0.2) is 9.59 Å². The van der Waals surface area contributed by atoms with E-state index in [-0.39, 0.29) is 6.61 Å². The molecule has 0 radical (unpaired) electrons.